The van der Waals surface area contributed by atoms with Crippen molar-refractivity contribution in [3.05, 3.63) is 100.0 Å². The highest BCUT2D eigenvalue weighted by atomic mass is 35.5. The van der Waals surface area contributed by atoms with E-state index in [1.54, 1.807) is 50.2 Å². The number of hydrogen-bond donors (Lipinski definition) is 2. The molecule has 2 aromatic heterocycles. The lowest BCUT2D eigenvalue weighted by atomic mass is 9.73. The van der Waals surface area contributed by atoms with E-state index in [2.05, 4.69) is 9.97 Å². The quantitative estimate of drug-likeness (QED) is 0.220. The molecule has 0 aliphatic carbocycles. The molecular formula is C42H52Cl4N8O4. The fraction of sp³-hybridized carbons (Fsp3) is 0.524. The van der Waals surface area contributed by atoms with Crippen LogP contribution in [0, 0.1) is 38.4 Å². The topological polar surface area (TPSA) is 147 Å². The van der Waals surface area contributed by atoms with E-state index >= 15 is 0 Å². The first-order valence-electron chi connectivity index (χ1n) is 22.3. The van der Waals surface area contributed by atoms with Gasteiger partial charge in [0.1, 0.15) is 23.3 Å². The first kappa shape index (κ1) is 35.5. The van der Waals surface area contributed by atoms with Crippen LogP contribution >= 0.6 is 46.4 Å². The van der Waals surface area contributed by atoms with Crippen LogP contribution in [0.25, 0.3) is 11.4 Å². The normalized spacial score (nSPS) is 25.7. The number of nitrogens with zero attached hydrogens (tertiary/aromatic N) is 6. The predicted octanol–water partition coefficient (Wildman–Crippen LogP) is 6.98. The molecule has 4 atom stereocenters. The standard InChI is InChI=1S/2C21H26Cl2N4O2/c2*1-12-19(26-9-7-21(8-10-26)11-29-13(2)18(21)24)25-14(3)27(20(12)28)16-6-4-5-15(22)17(16)23/h2*4-6,13,18H,7-11,24H2,1-3H3/t2*13-,18+/m00/s1/i2*1D3. The summed E-state index contributed by atoms with van der Waals surface area (Å²) in [7, 11) is 0. The Bertz CT molecular complexity index is 2370. The molecule has 0 amide bonds. The molecule has 12 nitrogen and oxygen atoms in total. The number of rotatable bonds is 4. The molecule has 4 fully saturated rings. The SMILES string of the molecule is [2H]C([2H])([2H])c1c(N2CCC3(CC2)CO[C@@H](C)[C@H]3N)nc(C)n(-c2cccc(Cl)c2Cl)c1=O.[2H]C([2H])([2H])c1c(N2CCC3(CC2)CO[C@@H](C)[C@H]3N)nc(C)n(-c2cccc(Cl)c2Cl)c1=O. The van der Waals surface area contributed by atoms with Crippen molar-refractivity contribution < 1.29 is 17.7 Å². The molecule has 58 heavy (non-hydrogen) atoms. The monoisotopic (exact) mass is 878 g/mol. The summed E-state index contributed by atoms with van der Waals surface area (Å²) >= 11 is 24.9. The van der Waals surface area contributed by atoms with Crippen molar-refractivity contribution in [3.8, 4) is 11.4 Å². The van der Waals surface area contributed by atoms with Gasteiger partial charge in [-0.3, -0.25) is 18.7 Å². The molecule has 0 saturated carbocycles. The van der Waals surface area contributed by atoms with Gasteiger partial charge >= 0.3 is 0 Å². The van der Waals surface area contributed by atoms with Gasteiger partial charge in [-0.1, -0.05) is 58.5 Å². The van der Waals surface area contributed by atoms with Crippen molar-refractivity contribution in [2.45, 2.75) is 91.4 Å². The molecule has 2 aromatic carbocycles. The van der Waals surface area contributed by atoms with Crippen molar-refractivity contribution in [1.29, 1.82) is 0 Å². The van der Waals surface area contributed by atoms with Gasteiger partial charge in [-0.25, -0.2) is 9.97 Å². The van der Waals surface area contributed by atoms with Gasteiger partial charge in [0.25, 0.3) is 11.1 Å². The maximum atomic E-state index is 13.5. The highest BCUT2D eigenvalue weighted by Crippen LogP contribution is 2.43. The largest absolute Gasteiger partial charge is 0.376 e. The lowest BCUT2D eigenvalue weighted by molar-refractivity contribution is 0.0973. The van der Waals surface area contributed by atoms with Crippen LogP contribution in [-0.2, 0) is 9.47 Å². The summed E-state index contributed by atoms with van der Waals surface area (Å²) in [6.07, 6.45) is 2.94. The van der Waals surface area contributed by atoms with Crippen LogP contribution in [0.15, 0.2) is 46.0 Å². The fourth-order valence-corrected chi connectivity index (χ4v) is 9.62. The molecule has 6 heterocycles. The van der Waals surface area contributed by atoms with E-state index in [1.165, 1.54) is 9.13 Å². The summed E-state index contributed by atoms with van der Waals surface area (Å²) < 4.78 is 62.4. The van der Waals surface area contributed by atoms with E-state index in [0.717, 1.165) is 25.7 Å². The van der Waals surface area contributed by atoms with Gasteiger partial charge in [0.05, 0.1) is 68.0 Å². The van der Waals surface area contributed by atoms with Crippen LogP contribution in [0.2, 0.25) is 20.1 Å². The predicted molar refractivity (Wildman–Crippen MR) is 233 cm³/mol. The zero-order valence-electron chi connectivity index (χ0n) is 38.8. The van der Waals surface area contributed by atoms with Gasteiger partial charge in [0, 0.05) is 57.3 Å². The molecule has 2 spiro atoms. The number of nitrogens with two attached hydrogens (primary N) is 2. The second-order valence-corrected chi connectivity index (χ2v) is 17.5. The third-order valence-electron chi connectivity index (χ3n) is 12.6. The van der Waals surface area contributed by atoms with Crippen LogP contribution in [0.4, 0.5) is 11.6 Å². The van der Waals surface area contributed by atoms with Gasteiger partial charge < -0.3 is 30.7 Å². The number of piperidine rings is 2. The molecule has 312 valence electrons. The number of anilines is 2. The molecule has 0 radical (unpaired) electrons. The van der Waals surface area contributed by atoms with E-state index in [1.807, 2.05) is 23.6 Å². The molecule has 4 aliphatic rings. The average Bonchev–Trinajstić information content (AvgIpc) is 3.65. The smallest absolute Gasteiger partial charge is 0.263 e. The van der Waals surface area contributed by atoms with Crippen molar-refractivity contribution in [3.63, 3.8) is 0 Å². The van der Waals surface area contributed by atoms with Gasteiger partial charge in [0.15, 0.2) is 0 Å². The lowest BCUT2D eigenvalue weighted by Crippen LogP contribution is -2.51. The first-order valence-corrected chi connectivity index (χ1v) is 20.8. The third-order valence-corrected chi connectivity index (χ3v) is 14.2. The van der Waals surface area contributed by atoms with Gasteiger partial charge in [-0.05, 0) is 91.3 Å². The summed E-state index contributed by atoms with van der Waals surface area (Å²) in [6, 6.07) is 9.58. The molecule has 4 N–H and O–H groups in total. The maximum absolute atomic E-state index is 13.5. The summed E-state index contributed by atoms with van der Waals surface area (Å²) in [4.78, 5) is 39.9. The second-order valence-electron chi connectivity index (χ2n) is 15.9. The molecule has 0 unspecified atom stereocenters. The van der Waals surface area contributed by atoms with E-state index in [0.29, 0.717) is 62.4 Å². The number of halogens is 4. The zero-order chi connectivity index (χ0) is 46.8. The fourth-order valence-electron chi connectivity index (χ4n) is 8.86. The summed E-state index contributed by atoms with van der Waals surface area (Å²) in [5.41, 5.74) is 11.1. The van der Waals surface area contributed by atoms with E-state index in [-0.39, 0.29) is 78.0 Å². The van der Waals surface area contributed by atoms with Gasteiger partial charge in [0.2, 0.25) is 0 Å². The van der Waals surface area contributed by atoms with Gasteiger partial charge in [-0.2, -0.15) is 0 Å². The van der Waals surface area contributed by atoms with Crippen LogP contribution in [-0.4, -0.2) is 82.8 Å². The Morgan fingerprint density at radius 2 is 1.03 bits per heavy atom. The minimum atomic E-state index is -2.66. The summed E-state index contributed by atoms with van der Waals surface area (Å²) in [5, 5.41) is 0.852. The lowest BCUT2D eigenvalue weighted by Gasteiger charge is -2.42. The Hall–Kier alpha value is -3.20. The zero-order valence-corrected chi connectivity index (χ0v) is 35.9. The molecule has 4 aliphatic heterocycles. The number of aromatic nitrogens is 4. The summed E-state index contributed by atoms with van der Waals surface area (Å²) in [5.74, 6) is 1.04. The highest BCUT2D eigenvalue weighted by Gasteiger charge is 2.49. The maximum Gasteiger partial charge on any atom is 0.263 e. The molecular weight excluding hydrogens is 822 g/mol. The minimum Gasteiger partial charge on any atom is -0.376 e. The van der Waals surface area contributed by atoms with Crippen LogP contribution < -0.4 is 32.4 Å². The molecule has 16 heteroatoms. The highest BCUT2D eigenvalue weighted by molar-refractivity contribution is 6.43. The average molecular weight is 881 g/mol. The second kappa shape index (κ2) is 16.7. The number of aryl methyl sites for hydroxylation is 2. The van der Waals surface area contributed by atoms with Crippen molar-refractivity contribution in [2.24, 2.45) is 22.3 Å². The van der Waals surface area contributed by atoms with Crippen LogP contribution in [0.5, 0.6) is 0 Å². The Kier molecular flexibility index (Phi) is 10.2. The Labute approximate surface area is 367 Å². The van der Waals surface area contributed by atoms with Crippen molar-refractivity contribution in [2.75, 3.05) is 49.2 Å². The van der Waals surface area contributed by atoms with Crippen LogP contribution in [0.1, 0.15) is 70.5 Å². The Morgan fingerprint density at radius 3 is 1.34 bits per heavy atom. The number of hydrogen-bond acceptors (Lipinski definition) is 10. The van der Waals surface area contributed by atoms with Crippen molar-refractivity contribution >= 4 is 58.0 Å². The Balaban J connectivity index is 0.000000191. The third kappa shape index (κ3) is 7.57. The molecule has 4 aromatic rings. The molecule has 0 bridgehead atoms. The minimum absolute atomic E-state index is 0.00812. The molecule has 8 rings (SSSR count). The van der Waals surface area contributed by atoms with E-state index in [9.17, 15) is 9.59 Å². The number of benzene rings is 2. The van der Waals surface area contributed by atoms with Gasteiger partial charge in [-0.15, -0.1) is 0 Å². The van der Waals surface area contributed by atoms with E-state index < -0.39 is 24.8 Å². The Morgan fingerprint density at radius 1 is 0.672 bits per heavy atom. The first-order chi connectivity index (χ1) is 29.9. The summed E-state index contributed by atoms with van der Waals surface area (Å²) in [6.45, 7) is 5.30. The molecule has 4 saturated heterocycles. The van der Waals surface area contributed by atoms with Crippen molar-refractivity contribution in [1.82, 2.24) is 19.1 Å². The number of ether oxygens (including phenoxy) is 2. The van der Waals surface area contributed by atoms with Crippen LogP contribution in [0.3, 0.4) is 0 Å². The van der Waals surface area contributed by atoms with E-state index in [4.69, 9.17) is 75.6 Å².